The van der Waals surface area contributed by atoms with E-state index in [1.54, 1.807) is 49.4 Å². The van der Waals surface area contributed by atoms with Crippen LogP contribution >= 0.6 is 0 Å². The number of hydrogen-bond acceptors (Lipinski definition) is 5. The SMILES string of the molecule is C=CCOc1ccc(C(=O)Nc2ccc(OCC)c(S(=O)(=O)N3CCCC3)c2)cc1. The van der Waals surface area contributed by atoms with Crippen molar-refractivity contribution in [2.24, 2.45) is 0 Å². The van der Waals surface area contributed by atoms with Crippen LogP contribution in [0.5, 0.6) is 11.5 Å². The van der Waals surface area contributed by atoms with Gasteiger partial charge in [0, 0.05) is 24.3 Å². The molecule has 0 aliphatic carbocycles. The van der Waals surface area contributed by atoms with E-state index in [9.17, 15) is 13.2 Å². The summed E-state index contributed by atoms with van der Waals surface area (Å²) >= 11 is 0. The lowest BCUT2D eigenvalue weighted by molar-refractivity contribution is 0.102. The minimum Gasteiger partial charge on any atom is -0.492 e. The summed E-state index contributed by atoms with van der Waals surface area (Å²) in [7, 11) is -3.70. The molecule has 2 aromatic carbocycles. The maximum atomic E-state index is 13.1. The monoisotopic (exact) mass is 430 g/mol. The van der Waals surface area contributed by atoms with Gasteiger partial charge in [-0.25, -0.2) is 8.42 Å². The number of nitrogens with one attached hydrogen (secondary N) is 1. The van der Waals surface area contributed by atoms with E-state index in [0.29, 0.717) is 43.3 Å². The van der Waals surface area contributed by atoms with Crippen LogP contribution in [0.2, 0.25) is 0 Å². The van der Waals surface area contributed by atoms with E-state index < -0.39 is 10.0 Å². The topological polar surface area (TPSA) is 84.9 Å². The highest BCUT2D eigenvalue weighted by atomic mass is 32.2. The zero-order chi connectivity index (χ0) is 21.6. The molecule has 0 spiro atoms. The summed E-state index contributed by atoms with van der Waals surface area (Å²) in [6, 6.07) is 11.3. The Morgan fingerprint density at radius 2 is 1.83 bits per heavy atom. The van der Waals surface area contributed by atoms with E-state index in [1.165, 1.54) is 10.4 Å². The molecule has 1 amide bonds. The van der Waals surface area contributed by atoms with Crippen LogP contribution in [0.4, 0.5) is 5.69 Å². The van der Waals surface area contributed by atoms with Gasteiger partial charge in [0.1, 0.15) is 23.0 Å². The van der Waals surface area contributed by atoms with Crippen molar-refractivity contribution in [2.75, 3.05) is 31.6 Å². The summed E-state index contributed by atoms with van der Waals surface area (Å²) in [5, 5.41) is 2.76. The number of nitrogens with zero attached hydrogens (tertiary/aromatic N) is 1. The average Bonchev–Trinajstić information content (AvgIpc) is 3.29. The molecule has 0 radical (unpaired) electrons. The molecular formula is C22H26N2O5S. The number of sulfonamides is 1. The van der Waals surface area contributed by atoms with Crippen molar-refractivity contribution < 1.29 is 22.7 Å². The fourth-order valence-electron chi connectivity index (χ4n) is 3.19. The Labute approximate surface area is 177 Å². The van der Waals surface area contributed by atoms with Gasteiger partial charge in [-0.3, -0.25) is 4.79 Å². The summed E-state index contributed by atoms with van der Waals surface area (Å²) in [6.45, 7) is 7.09. The standard InChI is InChI=1S/C22H26N2O5S/c1-3-15-29-19-10-7-17(8-11-19)22(25)23-18-9-12-20(28-4-2)21(16-18)30(26,27)24-13-5-6-14-24/h3,7-12,16H,1,4-6,13-15H2,2H3,(H,23,25). The fraction of sp³-hybridized carbons (Fsp3) is 0.318. The second-order valence-electron chi connectivity index (χ2n) is 6.78. The van der Waals surface area contributed by atoms with Gasteiger partial charge in [-0.1, -0.05) is 12.7 Å². The minimum absolute atomic E-state index is 0.0669. The summed E-state index contributed by atoms with van der Waals surface area (Å²) in [6.07, 6.45) is 3.32. The number of anilines is 1. The molecule has 160 valence electrons. The number of amides is 1. The van der Waals surface area contributed by atoms with Crippen molar-refractivity contribution in [1.82, 2.24) is 4.31 Å². The molecule has 1 aliphatic heterocycles. The van der Waals surface area contributed by atoms with Crippen molar-refractivity contribution >= 4 is 21.6 Å². The molecule has 8 heteroatoms. The molecule has 2 aromatic rings. The molecule has 1 heterocycles. The molecule has 0 unspecified atom stereocenters. The number of carbonyl (C=O) groups is 1. The van der Waals surface area contributed by atoms with Gasteiger partial charge in [0.05, 0.1) is 6.61 Å². The zero-order valence-electron chi connectivity index (χ0n) is 17.0. The molecule has 30 heavy (non-hydrogen) atoms. The summed E-state index contributed by atoms with van der Waals surface area (Å²) in [4.78, 5) is 12.7. The normalized spacial score (nSPS) is 14.3. The van der Waals surface area contributed by atoms with E-state index in [4.69, 9.17) is 9.47 Å². The van der Waals surface area contributed by atoms with Gasteiger partial charge in [-0.2, -0.15) is 4.31 Å². The lowest BCUT2D eigenvalue weighted by Gasteiger charge is -2.19. The predicted octanol–water partition coefficient (Wildman–Crippen LogP) is 3.69. The van der Waals surface area contributed by atoms with Gasteiger partial charge in [0.2, 0.25) is 10.0 Å². The van der Waals surface area contributed by atoms with Crippen LogP contribution in [-0.2, 0) is 10.0 Å². The third kappa shape index (κ3) is 5.01. The second-order valence-corrected chi connectivity index (χ2v) is 8.69. The van der Waals surface area contributed by atoms with Crippen LogP contribution in [0.15, 0.2) is 60.0 Å². The van der Waals surface area contributed by atoms with Crippen molar-refractivity contribution in [1.29, 1.82) is 0 Å². The molecule has 7 nitrogen and oxygen atoms in total. The lowest BCUT2D eigenvalue weighted by atomic mass is 10.2. The van der Waals surface area contributed by atoms with Crippen molar-refractivity contribution in [3.8, 4) is 11.5 Å². The van der Waals surface area contributed by atoms with E-state index in [2.05, 4.69) is 11.9 Å². The molecule has 0 saturated carbocycles. The second kappa shape index (κ2) is 9.77. The Balaban J connectivity index is 1.82. The fourth-order valence-corrected chi connectivity index (χ4v) is 4.86. The van der Waals surface area contributed by atoms with Crippen LogP contribution in [-0.4, -0.2) is 44.9 Å². The quantitative estimate of drug-likeness (QED) is 0.614. The van der Waals surface area contributed by atoms with Gasteiger partial charge in [0.25, 0.3) is 5.91 Å². The Hall–Kier alpha value is -2.84. The lowest BCUT2D eigenvalue weighted by Crippen LogP contribution is -2.28. The number of carbonyl (C=O) groups excluding carboxylic acids is 1. The van der Waals surface area contributed by atoms with Gasteiger partial charge in [-0.15, -0.1) is 0 Å². The van der Waals surface area contributed by atoms with Gasteiger partial charge >= 0.3 is 0 Å². The minimum atomic E-state index is -3.70. The number of hydrogen-bond donors (Lipinski definition) is 1. The van der Waals surface area contributed by atoms with Crippen molar-refractivity contribution in [2.45, 2.75) is 24.7 Å². The molecule has 1 N–H and O–H groups in total. The highest BCUT2D eigenvalue weighted by molar-refractivity contribution is 7.89. The third-order valence-corrected chi connectivity index (χ3v) is 6.59. The van der Waals surface area contributed by atoms with E-state index >= 15 is 0 Å². The largest absolute Gasteiger partial charge is 0.492 e. The van der Waals surface area contributed by atoms with Crippen LogP contribution in [0.3, 0.4) is 0 Å². The number of ether oxygens (including phenoxy) is 2. The summed E-state index contributed by atoms with van der Waals surface area (Å²) in [5.41, 5.74) is 0.812. The third-order valence-electron chi connectivity index (χ3n) is 4.67. The predicted molar refractivity (Wildman–Crippen MR) is 116 cm³/mol. The molecule has 0 atom stereocenters. The Morgan fingerprint density at radius 1 is 1.13 bits per heavy atom. The van der Waals surface area contributed by atoms with Gasteiger partial charge < -0.3 is 14.8 Å². The van der Waals surface area contributed by atoms with Crippen LogP contribution in [0.25, 0.3) is 0 Å². The van der Waals surface area contributed by atoms with Crippen LogP contribution in [0.1, 0.15) is 30.1 Å². The number of benzene rings is 2. The molecule has 1 fully saturated rings. The summed E-state index contributed by atoms with van der Waals surface area (Å²) < 4.78 is 38.5. The molecule has 0 aromatic heterocycles. The van der Waals surface area contributed by atoms with Crippen LogP contribution in [0, 0.1) is 0 Å². The zero-order valence-corrected chi connectivity index (χ0v) is 17.8. The highest BCUT2D eigenvalue weighted by Crippen LogP contribution is 2.31. The molecule has 3 rings (SSSR count). The van der Waals surface area contributed by atoms with Crippen molar-refractivity contribution in [3.05, 3.63) is 60.7 Å². The van der Waals surface area contributed by atoms with Gasteiger partial charge in [-0.05, 0) is 62.2 Å². The molecule has 1 saturated heterocycles. The summed E-state index contributed by atoms with van der Waals surface area (Å²) in [5.74, 6) is 0.566. The maximum Gasteiger partial charge on any atom is 0.255 e. The van der Waals surface area contributed by atoms with Crippen molar-refractivity contribution in [3.63, 3.8) is 0 Å². The molecule has 1 aliphatic rings. The first-order chi connectivity index (χ1) is 14.5. The Morgan fingerprint density at radius 3 is 2.47 bits per heavy atom. The first-order valence-corrected chi connectivity index (χ1v) is 11.3. The van der Waals surface area contributed by atoms with E-state index in [1.807, 2.05) is 0 Å². The van der Waals surface area contributed by atoms with E-state index in [-0.39, 0.29) is 16.6 Å². The van der Waals surface area contributed by atoms with Crippen LogP contribution < -0.4 is 14.8 Å². The number of rotatable bonds is 9. The Bertz CT molecular complexity index is 997. The molecule has 0 bridgehead atoms. The molecular weight excluding hydrogens is 404 g/mol. The average molecular weight is 431 g/mol. The Kier molecular flexibility index (Phi) is 7.12. The van der Waals surface area contributed by atoms with Gasteiger partial charge in [0.15, 0.2) is 0 Å². The maximum absolute atomic E-state index is 13.1. The van der Waals surface area contributed by atoms with E-state index in [0.717, 1.165) is 12.8 Å². The first kappa shape index (κ1) is 21.9. The highest BCUT2D eigenvalue weighted by Gasteiger charge is 2.30. The first-order valence-electron chi connectivity index (χ1n) is 9.88. The smallest absolute Gasteiger partial charge is 0.255 e.